The first-order chi connectivity index (χ1) is 6.30. The maximum atomic E-state index is 10.1. The van der Waals surface area contributed by atoms with Gasteiger partial charge in [0.1, 0.15) is 0 Å². The van der Waals surface area contributed by atoms with Crippen molar-refractivity contribution in [1.29, 1.82) is 0 Å². The van der Waals surface area contributed by atoms with Gasteiger partial charge >= 0.3 is 0 Å². The summed E-state index contributed by atoms with van der Waals surface area (Å²) in [6.45, 7) is 0. The second kappa shape index (κ2) is 4.59. The van der Waals surface area contributed by atoms with E-state index in [2.05, 4.69) is 30.8 Å². The van der Waals surface area contributed by atoms with E-state index in [1.54, 1.807) is 12.4 Å². The van der Waals surface area contributed by atoms with Gasteiger partial charge in [-0.3, -0.25) is 9.89 Å². The molecule has 0 aromatic carbocycles. The topological polar surface area (TPSA) is 126 Å². The van der Waals surface area contributed by atoms with Crippen LogP contribution in [0.4, 0.5) is 0 Å². The number of carbonyl (C=O) groups is 1. The van der Waals surface area contributed by atoms with E-state index >= 15 is 0 Å². The molecule has 2 rings (SSSR count). The normalized spacial score (nSPS) is 8.62. The monoisotopic (exact) mass is 181 g/mol. The van der Waals surface area contributed by atoms with Crippen molar-refractivity contribution in [2.24, 2.45) is 5.73 Å². The van der Waals surface area contributed by atoms with Crippen LogP contribution in [0, 0.1) is 0 Å². The number of nitrogens with two attached hydrogens (primary N) is 1. The van der Waals surface area contributed by atoms with Crippen molar-refractivity contribution >= 4 is 5.91 Å². The number of hydrogen-bond acceptors (Lipinski definition) is 5. The minimum atomic E-state index is -0.657. The molecule has 2 heterocycles. The highest BCUT2D eigenvalue weighted by atomic mass is 16.1. The van der Waals surface area contributed by atoms with Crippen LogP contribution in [0.2, 0.25) is 0 Å². The summed E-state index contributed by atoms with van der Waals surface area (Å²) < 4.78 is 0. The molecule has 0 saturated carbocycles. The van der Waals surface area contributed by atoms with Crippen LogP contribution in [-0.2, 0) is 0 Å². The number of nitrogens with zero attached hydrogens (tertiary/aromatic N) is 4. The lowest BCUT2D eigenvalue weighted by Crippen LogP contribution is -2.12. The van der Waals surface area contributed by atoms with Crippen LogP contribution in [0.1, 0.15) is 10.6 Å². The van der Waals surface area contributed by atoms with Crippen molar-refractivity contribution in [1.82, 2.24) is 30.8 Å². The van der Waals surface area contributed by atoms with Crippen molar-refractivity contribution in [3.8, 4) is 0 Å². The van der Waals surface area contributed by atoms with Gasteiger partial charge in [0.05, 0.1) is 0 Å². The number of carbonyl (C=O) groups excluding carboxylic acids is 1. The summed E-state index contributed by atoms with van der Waals surface area (Å²) in [5, 5.41) is 17.9. The summed E-state index contributed by atoms with van der Waals surface area (Å²) in [6.07, 6.45) is 3.46. The van der Waals surface area contributed by atoms with Gasteiger partial charge < -0.3 is 5.73 Å². The zero-order chi connectivity index (χ0) is 9.52. The lowest BCUT2D eigenvalue weighted by atomic mass is 10.6. The molecule has 0 unspecified atom stereocenters. The van der Waals surface area contributed by atoms with Gasteiger partial charge in [-0.1, -0.05) is 0 Å². The summed E-state index contributed by atoms with van der Waals surface area (Å²) >= 11 is 0. The predicted molar refractivity (Wildman–Crippen MR) is 41.3 cm³/mol. The first-order valence-electron chi connectivity index (χ1n) is 3.28. The van der Waals surface area contributed by atoms with Gasteiger partial charge in [0.2, 0.25) is 5.82 Å². The minimum absolute atomic E-state index is 0.0231. The number of primary amides is 1. The highest BCUT2D eigenvalue weighted by Gasteiger charge is 2.00. The summed E-state index contributed by atoms with van der Waals surface area (Å²) in [4.78, 5) is 10.1. The first kappa shape index (κ1) is 8.84. The molecule has 0 saturated heterocycles. The number of rotatable bonds is 1. The number of H-pyrrole nitrogens is 2. The average molecular weight is 181 g/mol. The van der Waals surface area contributed by atoms with E-state index in [9.17, 15) is 4.79 Å². The van der Waals surface area contributed by atoms with Crippen LogP contribution in [0.5, 0.6) is 0 Å². The second-order valence-corrected chi connectivity index (χ2v) is 1.88. The van der Waals surface area contributed by atoms with Crippen molar-refractivity contribution < 1.29 is 4.79 Å². The molecular formula is C5H7N7O. The summed E-state index contributed by atoms with van der Waals surface area (Å²) in [6, 6.07) is 1.83. The molecular weight excluding hydrogens is 174 g/mol. The first-order valence-corrected chi connectivity index (χ1v) is 3.28. The third-order valence-corrected chi connectivity index (χ3v) is 0.985. The molecule has 13 heavy (non-hydrogen) atoms. The zero-order valence-corrected chi connectivity index (χ0v) is 6.51. The van der Waals surface area contributed by atoms with E-state index in [0.717, 1.165) is 0 Å². The molecule has 0 aliphatic carbocycles. The summed E-state index contributed by atoms with van der Waals surface area (Å²) in [5.41, 5.74) is 4.75. The number of amides is 1. The Kier molecular flexibility index (Phi) is 3.12. The van der Waals surface area contributed by atoms with Crippen LogP contribution in [0.25, 0.3) is 0 Å². The van der Waals surface area contributed by atoms with Gasteiger partial charge in [-0.25, -0.2) is 5.10 Å². The Labute approximate surface area is 72.5 Å². The Morgan fingerprint density at radius 2 is 2.38 bits per heavy atom. The van der Waals surface area contributed by atoms with E-state index in [1.165, 1.54) is 0 Å². The maximum Gasteiger partial charge on any atom is 0.287 e. The largest absolute Gasteiger partial charge is 0.363 e. The second-order valence-electron chi connectivity index (χ2n) is 1.88. The number of nitrogens with one attached hydrogen (secondary N) is 2. The number of hydrogen-bond donors (Lipinski definition) is 3. The Balaban J connectivity index is 0.000000145. The van der Waals surface area contributed by atoms with Gasteiger partial charge in [0.25, 0.3) is 5.91 Å². The molecule has 8 heteroatoms. The number of aromatic amines is 2. The van der Waals surface area contributed by atoms with E-state index < -0.39 is 5.91 Å². The smallest absolute Gasteiger partial charge is 0.287 e. The molecule has 0 aliphatic rings. The molecule has 8 nitrogen and oxygen atoms in total. The van der Waals surface area contributed by atoms with Crippen molar-refractivity contribution in [2.75, 3.05) is 0 Å². The molecule has 0 atom stereocenters. The highest BCUT2D eigenvalue weighted by molar-refractivity contribution is 5.88. The molecule has 0 fully saturated rings. The van der Waals surface area contributed by atoms with Gasteiger partial charge in [0.15, 0.2) is 0 Å². The molecule has 0 bridgehead atoms. The lowest BCUT2D eigenvalue weighted by molar-refractivity contribution is 0.0990. The Morgan fingerprint density at radius 1 is 1.54 bits per heavy atom. The highest BCUT2D eigenvalue weighted by Crippen LogP contribution is 1.75. The fraction of sp³-hybridized carbons (Fsp3) is 0. The van der Waals surface area contributed by atoms with Crippen LogP contribution < -0.4 is 5.73 Å². The van der Waals surface area contributed by atoms with E-state index in [-0.39, 0.29) is 5.82 Å². The molecule has 68 valence electrons. The molecule has 0 spiro atoms. The summed E-state index contributed by atoms with van der Waals surface area (Å²) in [5.74, 6) is -0.681. The van der Waals surface area contributed by atoms with E-state index in [1.807, 2.05) is 6.07 Å². The van der Waals surface area contributed by atoms with Crippen LogP contribution >= 0.6 is 0 Å². The predicted octanol–water partition coefficient (Wildman–Crippen LogP) is -1.29. The molecule has 0 radical (unpaired) electrons. The Bertz CT molecular complexity index is 308. The number of aromatic nitrogens is 6. The van der Waals surface area contributed by atoms with Gasteiger partial charge in [-0.2, -0.15) is 5.10 Å². The summed E-state index contributed by atoms with van der Waals surface area (Å²) in [7, 11) is 0. The standard InChI is InChI=1S/C3H4N2.C2H3N5O/c1-2-4-5-3-1;3-1(8)2-4-6-7-5-2/h1-3H,(H,4,5);(H2,3,8)(H,4,5,6,7). The molecule has 4 N–H and O–H groups in total. The third-order valence-electron chi connectivity index (χ3n) is 0.985. The van der Waals surface area contributed by atoms with Gasteiger partial charge in [-0.05, 0) is 16.5 Å². The SMILES string of the molecule is NC(=O)c1nnn[nH]1.c1cn[nH]c1. The van der Waals surface area contributed by atoms with E-state index in [0.29, 0.717) is 0 Å². The van der Waals surface area contributed by atoms with Crippen LogP contribution in [0.3, 0.4) is 0 Å². The number of tetrazole rings is 1. The fourth-order valence-electron chi connectivity index (χ4n) is 0.479. The molecule has 0 aliphatic heterocycles. The molecule has 2 aromatic rings. The zero-order valence-electron chi connectivity index (χ0n) is 6.51. The van der Waals surface area contributed by atoms with Gasteiger partial charge in [0, 0.05) is 12.4 Å². The lowest BCUT2D eigenvalue weighted by Gasteiger charge is -1.76. The fourth-order valence-corrected chi connectivity index (χ4v) is 0.479. The quantitative estimate of drug-likeness (QED) is 0.504. The minimum Gasteiger partial charge on any atom is -0.363 e. The van der Waals surface area contributed by atoms with Crippen molar-refractivity contribution in [3.63, 3.8) is 0 Å². The van der Waals surface area contributed by atoms with Gasteiger partial charge in [-0.15, -0.1) is 5.10 Å². The van der Waals surface area contributed by atoms with Crippen LogP contribution in [-0.4, -0.2) is 36.7 Å². The third kappa shape index (κ3) is 3.10. The van der Waals surface area contributed by atoms with Crippen molar-refractivity contribution in [3.05, 3.63) is 24.3 Å². The van der Waals surface area contributed by atoms with Crippen molar-refractivity contribution in [2.45, 2.75) is 0 Å². The Hall–Kier alpha value is -2.25. The Morgan fingerprint density at radius 3 is 2.62 bits per heavy atom. The van der Waals surface area contributed by atoms with Crippen LogP contribution in [0.15, 0.2) is 18.5 Å². The average Bonchev–Trinajstić information content (AvgIpc) is 2.82. The maximum absolute atomic E-state index is 10.1. The molecule has 1 amide bonds. The van der Waals surface area contributed by atoms with E-state index in [4.69, 9.17) is 5.73 Å². The molecule has 2 aromatic heterocycles.